The fraction of sp³-hybridized carbons (Fsp3) is 0.571. The van der Waals surface area contributed by atoms with E-state index in [0.29, 0.717) is 30.3 Å². The van der Waals surface area contributed by atoms with Gasteiger partial charge in [-0.1, -0.05) is 19.1 Å². The Balaban J connectivity index is 2.15. The smallest absolute Gasteiger partial charge is 0.243 e. The highest BCUT2D eigenvalue weighted by atomic mass is 32.2. The third kappa shape index (κ3) is 3.35. The van der Waals surface area contributed by atoms with E-state index >= 15 is 0 Å². The number of rotatable bonds is 4. The van der Waals surface area contributed by atoms with E-state index in [1.807, 2.05) is 0 Å². The van der Waals surface area contributed by atoms with E-state index in [1.54, 1.807) is 28.6 Å². The highest BCUT2D eigenvalue weighted by Crippen LogP contribution is 2.23. The Bertz CT molecular complexity index is 502. The second-order valence-electron chi connectivity index (χ2n) is 5.20. The SMILES string of the molecule is CC1CCN(S(=O)(=O)c2ccc(CCO)cc2)CC1. The minimum absolute atomic E-state index is 0.0795. The number of nitrogens with zero attached hydrogens (tertiary/aromatic N) is 1. The van der Waals surface area contributed by atoms with E-state index < -0.39 is 10.0 Å². The summed E-state index contributed by atoms with van der Waals surface area (Å²) in [7, 11) is -3.35. The van der Waals surface area contributed by atoms with Crippen molar-refractivity contribution < 1.29 is 13.5 Å². The monoisotopic (exact) mass is 283 g/mol. The summed E-state index contributed by atoms with van der Waals surface area (Å²) in [4.78, 5) is 0.351. The molecule has 0 spiro atoms. The van der Waals surface area contributed by atoms with Gasteiger partial charge in [-0.25, -0.2) is 8.42 Å². The molecule has 4 nitrogen and oxygen atoms in total. The standard InChI is InChI=1S/C14H21NO3S/c1-12-6-9-15(10-7-12)19(17,18)14-4-2-13(3-5-14)8-11-16/h2-5,12,16H,6-11H2,1H3. The van der Waals surface area contributed by atoms with Crippen molar-refractivity contribution in [2.24, 2.45) is 5.92 Å². The number of sulfonamides is 1. The first kappa shape index (κ1) is 14.5. The van der Waals surface area contributed by atoms with Crippen LogP contribution < -0.4 is 0 Å². The van der Waals surface area contributed by atoms with E-state index in [0.717, 1.165) is 18.4 Å². The predicted octanol–water partition coefficient (Wildman–Crippen LogP) is 1.64. The van der Waals surface area contributed by atoms with Gasteiger partial charge >= 0.3 is 0 Å². The molecule has 19 heavy (non-hydrogen) atoms. The highest BCUT2D eigenvalue weighted by Gasteiger charge is 2.27. The van der Waals surface area contributed by atoms with Crippen LogP contribution in [0, 0.1) is 5.92 Å². The van der Waals surface area contributed by atoms with Gasteiger partial charge in [0.1, 0.15) is 0 Å². The summed E-state index contributed by atoms with van der Waals surface area (Å²) < 4.78 is 26.5. The Morgan fingerprint density at radius 2 is 1.79 bits per heavy atom. The molecule has 1 aliphatic rings. The maximum Gasteiger partial charge on any atom is 0.243 e. The van der Waals surface area contributed by atoms with Crippen LogP contribution in [0.5, 0.6) is 0 Å². The lowest BCUT2D eigenvalue weighted by molar-refractivity contribution is 0.288. The molecule has 1 aromatic rings. The quantitative estimate of drug-likeness (QED) is 0.914. The highest BCUT2D eigenvalue weighted by molar-refractivity contribution is 7.89. The second-order valence-corrected chi connectivity index (χ2v) is 7.14. The summed E-state index contributed by atoms with van der Waals surface area (Å²) in [6.07, 6.45) is 2.42. The van der Waals surface area contributed by atoms with E-state index in [2.05, 4.69) is 6.92 Å². The Hall–Kier alpha value is -0.910. The molecule has 1 aliphatic heterocycles. The molecule has 106 valence electrons. The van der Waals surface area contributed by atoms with Crippen LogP contribution in [-0.4, -0.2) is 37.5 Å². The zero-order valence-electron chi connectivity index (χ0n) is 11.2. The average molecular weight is 283 g/mol. The van der Waals surface area contributed by atoms with Crippen molar-refractivity contribution in [3.05, 3.63) is 29.8 Å². The van der Waals surface area contributed by atoms with Crippen molar-refractivity contribution >= 4 is 10.0 Å². The van der Waals surface area contributed by atoms with Crippen molar-refractivity contribution in [3.63, 3.8) is 0 Å². The number of piperidine rings is 1. The Morgan fingerprint density at radius 3 is 2.32 bits per heavy atom. The zero-order valence-corrected chi connectivity index (χ0v) is 12.1. The Kier molecular flexibility index (Phi) is 4.60. The first-order valence-corrected chi connectivity index (χ1v) is 8.18. The van der Waals surface area contributed by atoms with Crippen molar-refractivity contribution in [1.29, 1.82) is 0 Å². The lowest BCUT2D eigenvalue weighted by atomic mass is 10.0. The molecule has 0 saturated carbocycles. The molecule has 0 amide bonds. The molecule has 0 unspecified atom stereocenters. The van der Waals surface area contributed by atoms with Crippen LogP contribution in [0.3, 0.4) is 0 Å². The van der Waals surface area contributed by atoms with Gasteiger partial charge < -0.3 is 5.11 Å². The van der Waals surface area contributed by atoms with Gasteiger partial charge in [0.25, 0.3) is 0 Å². The summed E-state index contributed by atoms with van der Waals surface area (Å²) in [5.41, 5.74) is 0.953. The maximum absolute atomic E-state index is 12.4. The summed E-state index contributed by atoms with van der Waals surface area (Å²) in [6, 6.07) is 6.82. The summed E-state index contributed by atoms with van der Waals surface area (Å²) in [6.45, 7) is 3.47. The molecular weight excluding hydrogens is 262 g/mol. The lowest BCUT2D eigenvalue weighted by Crippen LogP contribution is -2.37. The predicted molar refractivity (Wildman–Crippen MR) is 74.4 cm³/mol. The van der Waals surface area contributed by atoms with Crippen molar-refractivity contribution in [3.8, 4) is 0 Å². The normalized spacial score (nSPS) is 18.6. The minimum Gasteiger partial charge on any atom is -0.396 e. The van der Waals surface area contributed by atoms with Crippen LogP contribution in [-0.2, 0) is 16.4 Å². The number of aliphatic hydroxyl groups is 1. The van der Waals surface area contributed by atoms with Crippen LogP contribution in [0.2, 0.25) is 0 Å². The van der Waals surface area contributed by atoms with Crippen LogP contribution in [0.1, 0.15) is 25.3 Å². The fourth-order valence-electron chi connectivity index (χ4n) is 2.33. The Morgan fingerprint density at radius 1 is 1.21 bits per heavy atom. The van der Waals surface area contributed by atoms with Gasteiger partial charge in [0.15, 0.2) is 0 Å². The molecule has 1 fully saturated rings. The van der Waals surface area contributed by atoms with E-state index in [4.69, 9.17) is 5.11 Å². The fourth-order valence-corrected chi connectivity index (χ4v) is 3.80. The molecule has 0 radical (unpaired) electrons. The summed E-state index contributed by atoms with van der Waals surface area (Å²) in [5.74, 6) is 0.610. The third-order valence-electron chi connectivity index (χ3n) is 3.70. The summed E-state index contributed by atoms with van der Waals surface area (Å²) >= 11 is 0. The number of hydrogen-bond acceptors (Lipinski definition) is 3. The maximum atomic E-state index is 12.4. The van der Waals surface area contributed by atoms with Gasteiger partial charge in [0.05, 0.1) is 4.90 Å². The second kappa shape index (κ2) is 6.03. The van der Waals surface area contributed by atoms with E-state index in [9.17, 15) is 8.42 Å². The number of hydrogen-bond donors (Lipinski definition) is 1. The lowest BCUT2D eigenvalue weighted by Gasteiger charge is -2.29. The Labute approximate surface area is 115 Å². The van der Waals surface area contributed by atoms with Crippen molar-refractivity contribution in [2.45, 2.75) is 31.1 Å². The van der Waals surface area contributed by atoms with Crippen LogP contribution in [0.15, 0.2) is 29.2 Å². The number of benzene rings is 1. The van der Waals surface area contributed by atoms with Crippen molar-refractivity contribution in [1.82, 2.24) is 4.31 Å². The zero-order chi connectivity index (χ0) is 13.9. The molecule has 0 atom stereocenters. The molecule has 1 heterocycles. The molecule has 1 aromatic carbocycles. The average Bonchev–Trinajstić information content (AvgIpc) is 2.40. The topological polar surface area (TPSA) is 57.6 Å². The van der Waals surface area contributed by atoms with Gasteiger partial charge in [0, 0.05) is 19.7 Å². The van der Waals surface area contributed by atoms with E-state index in [1.165, 1.54) is 0 Å². The van der Waals surface area contributed by atoms with Gasteiger partial charge in [-0.15, -0.1) is 0 Å². The molecule has 2 rings (SSSR count). The number of aliphatic hydroxyl groups excluding tert-OH is 1. The molecule has 0 aromatic heterocycles. The molecule has 5 heteroatoms. The molecule has 0 bridgehead atoms. The van der Waals surface area contributed by atoms with Crippen molar-refractivity contribution in [2.75, 3.05) is 19.7 Å². The van der Waals surface area contributed by atoms with E-state index in [-0.39, 0.29) is 6.61 Å². The first-order chi connectivity index (χ1) is 9.04. The van der Waals surface area contributed by atoms with Gasteiger partial charge in [-0.2, -0.15) is 4.31 Å². The molecule has 1 saturated heterocycles. The van der Waals surface area contributed by atoms with Crippen LogP contribution in [0.4, 0.5) is 0 Å². The largest absolute Gasteiger partial charge is 0.396 e. The van der Waals surface area contributed by atoms with Crippen LogP contribution in [0.25, 0.3) is 0 Å². The van der Waals surface area contributed by atoms with Crippen LogP contribution >= 0.6 is 0 Å². The first-order valence-electron chi connectivity index (χ1n) is 6.74. The molecule has 1 N–H and O–H groups in total. The summed E-state index contributed by atoms with van der Waals surface area (Å²) in [5, 5.41) is 8.85. The minimum atomic E-state index is -3.35. The van der Waals surface area contributed by atoms with Gasteiger partial charge in [-0.05, 0) is 42.9 Å². The molecule has 0 aliphatic carbocycles. The van der Waals surface area contributed by atoms with Gasteiger partial charge in [0.2, 0.25) is 10.0 Å². The van der Waals surface area contributed by atoms with Gasteiger partial charge in [-0.3, -0.25) is 0 Å². The third-order valence-corrected chi connectivity index (χ3v) is 5.62. The molecular formula is C14H21NO3S.